The Bertz CT molecular complexity index is 603. The molecule has 1 rings (SSSR count). The Morgan fingerprint density at radius 1 is 0.935 bits per heavy atom. The Hall–Kier alpha value is -1.92. The molecule has 0 aliphatic heterocycles. The number of amides is 1. The van der Waals surface area contributed by atoms with Crippen molar-refractivity contribution in [2.45, 2.75) is 123 Å². The van der Waals surface area contributed by atoms with E-state index in [0.717, 1.165) is 12.8 Å². The van der Waals surface area contributed by atoms with Crippen LogP contribution in [0.3, 0.4) is 0 Å². The van der Waals surface area contributed by atoms with Gasteiger partial charge in [0.25, 0.3) is 0 Å². The molecule has 0 bridgehead atoms. The highest BCUT2D eigenvalue weighted by Gasteiger charge is 2.18. The van der Waals surface area contributed by atoms with Gasteiger partial charge in [-0.05, 0) is 13.3 Å². The van der Waals surface area contributed by atoms with E-state index >= 15 is 0 Å². The van der Waals surface area contributed by atoms with Gasteiger partial charge < -0.3 is 5.32 Å². The fourth-order valence-corrected chi connectivity index (χ4v) is 3.79. The normalized spacial score (nSPS) is 12.1. The molecule has 1 N–H and O–H groups in total. The third kappa shape index (κ3) is 13.2. The quantitative estimate of drug-likeness (QED) is 0.139. The zero-order valence-electron chi connectivity index (χ0n) is 19.8. The first-order valence-corrected chi connectivity index (χ1v) is 12.5. The van der Waals surface area contributed by atoms with Crippen molar-refractivity contribution in [3.05, 3.63) is 22.5 Å². The van der Waals surface area contributed by atoms with Gasteiger partial charge in [-0.2, -0.15) is 5.10 Å². The summed E-state index contributed by atoms with van der Waals surface area (Å²) in [5.74, 6) is -0.154. The van der Waals surface area contributed by atoms with Gasteiger partial charge in [0, 0.05) is 6.54 Å². The van der Waals surface area contributed by atoms with Crippen LogP contribution in [0, 0.1) is 10.1 Å². The SMILES string of the molecule is CCCCCCCCCCCCCCCCCCNC(=O)C(C)n1cc([N+](=O)[O-])cn1. The van der Waals surface area contributed by atoms with Gasteiger partial charge in [-0.1, -0.05) is 103 Å². The monoisotopic (exact) mass is 436 g/mol. The van der Waals surface area contributed by atoms with Gasteiger partial charge >= 0.3 is 5.69 Å². The molecule has 0 saturated carbocycles. The van der Waals surface area contributed by atoms with Gasteiger partial charge in [0.05, 0.1) is 4.92 Å². The zero-order valence-corrected chi connectivity index (χ0v) is 19.8. The van der Waals surface area contributed by atoms with E-state index in [0.29, 0.717) is 6.54 Å². The van der Waals surface area contributed by atoms with Gasteiger partial charge in [0.1, 0.15) is 18.4 Å². The highest BCUT2D eigenvalue weighted by molar-refractivity contribution is 5.79. The summed E-state index contributed by atoms with van der Waals surface area (Å²) >= 11 is 0. The maximum absolute atomic E-state index is 12.1. The summed E-state index contributed by atoms with van der Waals surface area (Å²) in [5, 5.41) is 17.5. The molecule has 7 heteroatoms. The average Bonchev–Trinajstić information content (AvgIpc) is 3.26. The zero-order chi connectivity index (χ0) is 22.7. The predicted molar refractivity (Wildman–Crippen MR) is 126 cm³/mol. The fourth-order valence-electron chi connectivity index (χ4n) is 3.79. The summed E-state index contributed by atoms with van der Waals surface area (Å²) < 4.78 is 1.33. The van der Waals surface area contributed by atoms with Gasteiger partial charge in [0.2, 0.25) is 5.91 Å². The Balaban J connectivity index is 1.87. The van der Waals surface area contributed by atoms with Crippen LogP contribution in [0.4, 0.5) is 5.69 Å². The lowest BCUT2D eigenvalue weighted by Gasteiger charge is -2.12. The van der Waals surface area contributed by atoms with Crippen LogP contribution in [0.15, 0.2) is 12.4 Å². The summed E-state index contributed by atoms with van der Waals surface area (Å²) in [6.45, 7) is 4.61. The summed E-state index contributed by atoms with van der Waals surface area (Å²) in [6.07, 6.45) is 23.7. The summed E-state index contributed by atoms with van der Waals surface area (Å²) in [4.78, 5) is 22.3. The number of carbonyl (C=O) groups excluding carboxylic acids is 1. The Morgan fingerprint density at radius 2 is 1.39 bits per heavy atom. The summed E-state index contributed by atoms with van der Waals surface area (Å²) in [7, 11) is 0. The molecule has 0 saturated heterocycles. The third-order valence-electron chi connectivity index (χ3n) is 5.90. The van der Waals surface area contributed by atoms with Gasteiger partial charge in [-0.15, -0.1) is 0 Å². The van der Waals surface area contributed by atoms with Crippen LogP contribution in [0.5, 0.6) is 0 Å². The molecule has 1 aromatic rings. The molecule has 0 aromatic carbocycles. The maximum atomic E-state index is 12.1. The minimum absolute atomic E-state index is 0.0996. The highest BCUT2D eigenvalue weighted by atomic mass is 16.6. The first-order valence-electron chi connectivity index (χ1n) is 12.5. The van der Waals surface area contributed by atoms with Crippen molar-refractivity contribution >= 4 is 11.6 Å². The van der Waals surface area contributed by atoms with E-state index < -0.39 is 11.0 Å². The molecule has 1 aromatic heterocycles. The summed E-state index contributed by atoms with van der Waals surface area (Å²) in [5.41, 5.74) is -0.0996. The molecule has 1 heterocycles. The molecule has 1 amide bonds. The lowest BCUT2D eigenvalue weighted by atomic mass is 10.0. The number of aromatic nitrogens is 2. The summed E-state index contributed by atoms with van der Waals surface area (Å²) in [6, 6.07) is -0.547. The molecule has 0 spiro atoms. The Kier molecular flexibility index (Phi) is 15.5. The number of rotatable bonds is 20. The van der Waals surface area contributed by atoms with Gasteiger partial charge in [-0.3, -0.25) is 19.6 Å². The van der Waals surface area contributed by atoms with Crippen LogP contribution in [-0.2, 0) is 4.79 Å². The predicted octanol–water partition coefficient (Wildman–Crippen LogP) is 6.73. The molecule has 0 fully saturated rings. The van der Waals surface area contributed by atoms with E-state index in [9.17, 15) is 14.9 Å². The second kappa shape index (κ2) is 17.7. The molecule has 7 nitrogen and oxygen atoms in total. The van der Waals surface area contributed by atoms with Crippen LogP contribution in [0.1, 0.15) is 123 Å². The molecule has 178 valence electrons. The molecule has 1 unspecified atom stereocenters. The van der Waals surface area contributed by atoms with Crippen LogP contribution in [0.2, 0.25) is 0 Å². The van der Waals surface area contributed by atoms with E-state index in [1.807, 2.05) is 0 Å². The van der Waals surface area contributed by atoms with Crippen LogP contribution in [-0.4, -0.2) is 27.2 Å². The van der Waals surface area contributed by atoms with E-state index in [1.54, 1.807) is 6.92 Å². The van der Waals surface area contributed by atoms with Gasteiger partial charge in [0.15, 0.2) is 0 Å². The van der Waals surface area contributed by atoms with E-state index in [1.165, 1.54) is 107 Å². The van der Waals surface area contributed by atoms with Crippen LogP contribution >= 0.6 is 0 Å². The third-order valence-corrected chi connectivity index (χ3v) is 5.90. The number of carbonyl (C=O) groups is 1. The van der Waals surface area contributed by atoms with Crippen LogP contribution in [0.25, 0.3) is 0 Å². The maximum Gasteiger partial charge on any atom is 0.307 e. The standard InChI is InChI=1S/C24H44N4O3/c1-3-4-5-6-7-8-9-10-11-12-13-14-15-16-17-18-19-25-24(29)22(2)27-21-23(20-26-27)28(30)31/h20-22H,3-19H2,1-2H3,(H,25,29). The largest absolute Gasteiger partial charge is 0.354 e. The van der Waals surface area contributed by atoms with Gasteiger partial charge in [-0.25, -0.2) is 0 Å². The van der Waals surface area contributed by atoms with Crippen molar-refractivity contribution < 1.29 is 9.72 Å². The van der Waals surface area contributed by atoms with Crippen LogP contribution < -0.4 is 5.32 Å². The molecule has 0 aliphatic carbocycles. The van der Waals surface area contributed by atoms with Crippen molar-refractivity contribution in [3.8, 4) is 0 Å². The minimum atomic E-state index is -0.547. The second-order valence-corrected chi connectivity index (χ2v) is 8.71. The molecule has 0 radical (unpaired) electrons. The first kappa shape index (κ1) is 27.1. The van der Waals surface area contributed by atoms with E-state index in [2.05, 4.69) is 17.3 Å². The molecular formula is C24H44N4O3. The highest BCUT2D eigenvalue weighted by Crippen LogP contribution is 2.14. The number of nitrogens with zero attached hydrogens (tertiary/aromatic N) is 3. The Labute approximate surface area is 188 Å². The first-order chi connectivity index (χ1) is 15.1. The minimum Gasteiger partial charge on any atom is -0.354 e. The van der Waals surface area contributed by atoms with Crippen molar-refractivity contribution in [3.63, 3.8) is 0 Å². The van der Waals surface area contributed by atoms with E-state index in [4.69, 9.17) is 0 Å². The number of nitro groups is 1. The average molecular weight is 437 g/mol. The smallest absolute Gasteiger partial charge is 0.307 e. The molecule has 0 aliphatic rings. The van der Waals surface area contributed by atoms with Crippen molar-refractivity contribution in [1.29, 1.82) is 0 Å². The van der Waals surface area contributed by atoms with Crippen molar-refractivity contribution in [2.75, 3.05) is 6.54 Å². The lowest BCUT2D eigenvalue weighted by Crippen LogP contribution is -2.31. The molecule has 31 heavy (non-hydrogen) atoms. The Morgan fingerprint density at radius 3 is 1.81 bits per heavy atom. The van der Waals surface area contributed by atoms with Crippen molar-refractivity contribution in [1.82, 2.24) is 15.1 Å². The van der Waals surface area contributed by atoms with Crippen molar-refractivity contribution in [2.24, 2.45) is 0 Å². The number of hydrogen-bond donors (Lipinski definition) is 1. The molecular weight excluding hydrogens is 392 g/mol. The molecule has 1 atom stereocenters. The topological polar surface area (TPSA) is 90.1 Å². The number of hydrogen-bond acceptors (Lipinski definition) is 4. The fraction of sp³-hybridized carbons (Fsp3) is 0.833. The second-order valence-electron chi connectivity index (χ2n) is 8.71. The lowest BCUT2D eigenvalue weighted by molar-refractivity contribution is -0.385. The number of nitrogens with one attached hydrogen (secondary N) is 1. The number of unbranched alkanes of at least 4 members (excludes halogenated alkanes) is 15. The van der Waals surface area contributed by atoms with E-state index in [-0.39, 0.29) is 11.6 Å².